The summed E-state index contributed by atoms with van der Waals surface area (Å²) in [7, 11) is 0. The zero-order valence-corrected chi connectivity index (χ0v) is 8.14. The van der Waals surface area contributed by atoms with Gasteiger partial charge in [0, 0.05) is 0 Å². The van der Waals surface area contributed by atoms with E-state index in [0.29, 0.717) is 0 Å². The second-order valence-electron chi connectivity index (χ2n) is 2.58. The Morgan fingerprint density at radius 1 is 1.27 bits per heavy atom. The van der Waals surface area contributed by atoms with E-state index < -0.39 is 23.2 Å². The minimum Gasteiger partial charge on any atom is -0.504 e. The Bertz CT molecular complexity index is 347. The molecule has 0 atom stereocenters. The lowest BCUT2D eigenvalue weighted by atomic mass is 10.2. The van der Waals surface area contributed by atoms with Crippen LogP contribution in [0.4, 0.5) is 0 Å². The molecule has 4 N–H and O–H groups in total. The van der Waals surface area contributed by atoms with Crippen molar-refractivity contribution >= 4 is 5.97 Å². The number of hydrogen-bond acceptors (Lipinski definition) is 4. The molecule has 0 heterocycles. The van der Waals surface area contributed by atoms with E-state index in [-0.39, 0.29) is 5.56 Å². The van der Waals surface area contributed by atoms with Gasteiger partial charge in [0.15, 0.2) is 17.2 Å². The van der Waals surface area contributed by atoms with Crippen molar-refractivity contribution in [2.24, 2.45) is 0 Å². The molecule has 0 radical (unpaired) electrons. The van der Waals surface area contributed by atoms with Crippen molar-refractivity contribution in [1.29, 1.82) is 0 Å². The monoisotopic (exact) mass is 212 g/mol. The van der Waals surface area contributed by atoms with Gasteiger partial charge in [0.1, 0.15) is 0 Å². The predicted molar refractivity (Wildman–Crippen MR) is 54.3 cm³/mol. The zero-order valence-electron chi connectivity index (χ0n) is 8.14. The van der Waals surface area contributed by atoms with Crippen LogP contribution in [0.3, 0.4) is 0 Å². The van der Waals surface area contributed by atoms with Crippen LogP contribution in [-0.2, 0) is 0 Å². The van der Waals surface area contributed by atoms with Crippen molar-refractivity contribution < 1.29 is 25.2 Å². The molecule has 1 rings (SSSR count). The Balaban J connectivity index is 0.000000583. The highest BCUT2D eigenvalue weighted by Gasteiger charge is 2.11. The first kappa shape index (κ1) is 12.8. The molecule has 0 bridgehead atoms. The molecular formula is C10H12O5. The third-order valence-electron chi connectivity index (χ3n) is 1.32. The average Bonchev–Trinajstić information content (AvgIpc) is 2.14. The highest BCUT2D eigenvalue weighted by Crippen LogP contribution is 2.35. The molecule has 5 nitrogen and oxygen atoms in total. The normalized spacial score (nSPS) is 8.60. The molecule has 0 aromatic heterocycles. The van der Waals surface area contributed by atoms with Crippen molar-refractivity contribution in [3.05, 3.63) is 30.4 Å². The smallest absolute Gasteiger partial charge is 0.335 e. The van der Waals surface area contributed by atoms with Crippen LogP contribution in [0.15, 0.2) is 24.8 Å². The molecule has 0 saturated carbocycles. The maximum atomic E-state index is 10.3. The molecule has 0 saturated heterocycles. The fourth-order valence-electron chi connectivity index (χ4n) is 0.728. The largest absolute Gasteiger partial charge is 0.504 e. The number of carboxylic acid groups (broad SMARTS) is 1. The molecule has 0 aliphatic heterocycles. The summed E-state index contributed by atoms with van der Waals surface area (Å²) in [4.78, 5) is 10.3. The molecule has 82 valence electrons. The number of carboxylic acids is 1. The summed E-state index contributed by atoms with van der Waals surface area (Å²) in [6.45, 7) is 5.25. The van der Waals surface area contributed by atoms with Crippen molar-refractivity contribution in [2.45, 2.75) is 6.92 Å². The van der Waals surface area contributed by atoms with Crippen LogP contribution >= 0.6 is 0 Å². The summed E-state index contributed by atoms with van der Waals surface area (Å²) in [5, 5.41) is 35.0. The van der Waals surface area contributed by atoms with E-state index >= 15 is 0 Å². The Labute approximate surface area is 86.5 Å². The van der Waals surface area contributed by atoms with Gasteiger partial charge in [-0.25, -0.2) is 4.79 Å². The summed E-state index contributed by atoms with van der Waals surface area (Å²) in [5.41, 5.74) is -0.289. The Kier molecular flexibility index (Phi) is 4.74. The van der Waals surface area contributed by atoms with Gasteiger partial charge in [-0.05, 0) is 19.1 Å². The molecule has 15 heavy (non-hydrogen) atoms. The topological polar surface area (TPSA) is 98.0 Å². The molecule has 1 aromatic rings. The van der Waals surface area contributed by atoms with Gasteiger partial charge in [-0.15, -0.1) is 6.58 Å². The lowest BCUT2D eigenvalue weighted by Gasteiger charge is -2.01. The summed E-state index contributed by atoms with van der Waals surface area (Å²) < 4.78 is 0. The van der Waals surface area contributed by atoms with Gasteiger partial charge in [0.25, 0.3) is 0 Å². The van der Waals surface area contributed by atoms with Gasteiger partial charge >= 0.3 is 5.97 Å². The first-order valence-electron chi connectivity index (χ1n) is 3.99. The molecule has 0 spiro atoms. The zero-order chi connectivity index (χ0) is 12.0. The number of allylic oxidation sites excluding steroid dienone is 1. The van der Waals surface area contributed by atoms with Gasteiger partial charge in [0.2, 0.25) is 0 Å². The van der Waals surface area contributed by atoms with Crippen LogP contribution in [0, 0.1) is 0 Å². The third-order valence-corrected chi connectivity index (χ3v) is 1.32. The maximum Gasteiger partial charge on any atom is 0.335 e. The maximum absolute atomic E-state index is 10.3. The van der Waals surface area contributed by atoms with Crippen molar-refractivity contribution in [3.63, 3.8) is 0 Å². The Morgan fingerprint density at radius 2 is 1.60 bits per heavy atom. The van der Waals surface area contributed by atoms with E-state index in [9.17, 15) is 4.79 Å². The molecule has 5 heteroatoms. The summed E-state index contributed by atoms with van der Waals surface area (Å²) in [6.07, 6.45) is 1.75. The lowest BCUT2D eigenvalue weighted by molar-refractivity contribution is 0.0696. The lowest BCUT2D eigenvalue weighted by Crippen LogP contribution is -1.95. The molecule has 0 unspecified atom stereocenters. The number of hydrogen-bond donors (Lipinski definition) is 4. The number of benzene rings is 1. The highest BCUT2D eigenvalue weighted by molar-refractivity contribution is 5.89. The quantitative estimate of drug-likeness (QED) is 0.419. The van der Waals surface area contributed by atoms with Crippen molar-refractivity contribution in [1.82, 2.24) is 0 Å². The van der Waals surface area contributed by atoms with Gasteiger partial charge < -0.3 is 20.4 Å². The fourth-order valence-corrected chi connectivity index (χ4v) is 0.728. The Hall–Kier alpha value is -2.17. The van der Waals surface area contributed by atoms with E-state index in [0.717, 1.165) is 12.1 Å². The summed E-state index contributed by atoms with van der Waals surface area (Å²) >= 11 is 0. The molecule has 1 aromatic carbocycles. The first-order chi connectivity index (χ1) is 6.93. The van der Waals surface area contributed by atoms with Crippen LogP contribution in [0.25, 0.3) is 0 Å². The highest BCUT2D eigenvalue weighted by atomic mass is 16.4. The third kappa shape index (κ3) is 3.60. The number of aromatic carboxylic acids is 1. The molecule has 0 aliphatic carbocycles. The number of phenolic OH excluding ortho intramolecular Hbond substituents is 3. The van der Waals surface area contributed by atoms with Crippen LogP contribution in [0.5, 0.6) is 17.2 Å². The number of carbonyl (C=O) groups is 1. The van der Waals surface area contributed by atoms with Crippen molar-refractivity contribution in [3.8, 4) is 17.2 Å². The first-order valence-corrected chi connectivity index (χ1v) is 3.99. The summed E-state index contributed by atoms with van der Waals surface area (Å²) in [6, 6.07) is 1.69. The second kappa shape index (κ2) is 5.54. The van der Waals surface area contributed by atoms with Crippen LogP contribution < -0.4 is 0 Å². The fraction of sp³-hybridized carbons (Fsp3) is 0.100. The van der Waals surface area contributed by atoms with E-state index in [4.69, 9.17) is 20.4 Å². The van der Waals surface area contributed by atoms with Crippen LogP contribution in [0.1, 0.15) is 17.3 Å². The van der Waals surface area contributed by atoms with Crippen LogP contribution in [0.2, 0.25) is 0 Å². The number of rotatable bonds is 1. The van der Waals surface area contributed by atoms with Crippen molar-refractivity contribution in [2.75, 3.05) is 0 Å². The average molecular weight is 212 g/mol. The van der Waals surface area contributed by atoms with E-state index in [1.165, 1.54) is 0 Å². The van der Waals surface area contributed by atoms with E-state index in [2.05, 4.69) is 6.58 Å². The molecular weight excluding hydrogens is 200 g/mol. The minimum absolute atomic E-state index is 0.289. The van der Waals surface area contributed by atoms with E-state index in [1.807, 2.05) is 6.92 Å². The van der Waals surface area contributed by atoms with Crippen LogP contribution in [-0.4, -0.2) is 26.4 Å². The predicted octanol–water partition coefficient (Wildman–Crippen LogP) is 1.69. The molecule has 0 amide bonds. The van der Waals surface area contributed by atoms with E-state index in [1.54, 1.807) is 6.08 Å². The standard InChI is InChI=1S/C7H6O5.C3H6/c8-4-1-3(7(11)12)2-5(9)6(4)10;1-3-2/h1-2,8-10H,(H,11,12);3H,1H2,2H3. The van der Waals surface area contributed by atoms with Gasteiger partial charge in [-0.1, -0.05) is 6.08 Å². The van der Waals surface area contributed by atoms with Gasteiger partial charge in [-0.3, -0.25) is 0 Å². The molecule has 0 fully saturated rings. The van der Waals surface area contributed by atoms with Gasteiger partial charge in [-0.2, -0.15) is 0 Å². The van der Waals surface area contributed by atoms with Gasteiger partial charge in [0.05, 0.1) is 5.56 Å². The minimum atomic E-state index is -1.29. The molecule has 0 aliphatic rings. The second-order valence-corrected chi connectivity index (χ2v) is 2.58. The Morgan fingerprint density at radius 3 is 1.87 bits per heavy atom. The number of phenols is 3. The number of aromatic hydroxyl groups is 3. The summed E-state index contributed by atoms with van der Waals surface area (Å²) in [5.74, 6) is -3.33. The SMILES string of the molecule is C=CC.O=C(O)c1cc(O)c(O)c(O)c1.